The number of ether oxygens (including phenoxy) is 1. The highest BCUT2D eigenvalue weighted by Gasteiger charge is 2.19. The lowest BCUT2D eigenvalue weighted by molar-refractivity contribution is -0.154. The van der Waals surface area contributed by atoms with E-state index in [0.29, 0.717) is 12.5 Å². The van der Waals surface area contributed by atoms with Gasteiger partial charge in [-0.25, -0.2) is 0 Å². The van der Waals surface area contributed by atoms with Crippen molar-refractivity contribution >= 4 is 11.9 Å². The molecule has 0 aromatic heterocycles. The fourth-order valence-electron chi connectivity index (χ4n) is 3.27. The van der Waals surface area contributed by atoms with E-state index in [0.717, 1.165) is 77.2 Å². The van der Waals surface area contributed by atoms with Gasteiger partial charge in [0.05, 0.1) is 0 Å². The Morgan fingerprint density at radius 3 is 2.50 bits per heavy atom. The molecule has 0 aliphatic carbocycles. The van der Waals surface area contributed by atoms with Crippen molar-refractivity contribution < 1.29 is 9.53 Å². The molecule has 0 aromatic carbocycles. The van der Waals surface area contributed by atoms with Crippen LogP contribution in [0.25, 0.3) is 0 Å². The lowest BCUT2D eigenvalue weighted by atomic mass is 10.1. The first kappa shape index (κ1) is 24.5. The van der Waals surface area contributed by atoms with Gasteiger partial charge < -0.3 is 15.4 Å². The Hall–Kier alpha value is -1.56. The number of unbranched alkanes of at least 4 members (excludes halogenated alkanes) is 3. The van der Waals surface area contributed by atoms with E-state index < -0.39 is 0 Å². The van der Waals surface area contributed by atoms with E-state index in [1.807, 2.05) is 26.8 Å². The molecule has 0 bridgehead atoms. The van der Waals surface area contributed by atoms with E-state index in [4.69, 9.17) is 9.73 Å². The summed E-state index contributed by atoms with van der Waals surface area (Å²) in [6, 6.07) is 0.493. The van der Waals surface area contributed by atoms with Crippen LogP contribution in [0, 0.1) is 0 Å². The monoisotopic (exact) mass is 394 g/mol. The van der Waals surface area contributed by atoms with Gasteiger partial charge in [-0.2, -0.15) is 0 Å². The van der Waals surface area contributed by atoms with E-state index in [1.54, 1.807) is 0 Å². The largest absolute Gasteiger partial charge is 0.460 e. The number of aliphatic imine (C=N–C) groups is 1. The van der Waals surface area contributed by atoms with E-state index in [1.165, 1.54) is 0 Å². The summed E-state index contributed by atoms with van der Waals surface area (Å²) in [5.74, 6) is 0.835. The maximum atomic E-state index is 11.7. The predicted molar refractivity (Wildman–Crippen MR) is 118 cm³/mol. The minimum absolute atomic E-state index is 0.0942. The molecule has 1 fully saturated rings. The lowest BCUT2D eigenvalue weighted by Crippen LogP contribution is -2.48. The van der Waals surface area contributed by atoms with Gasteiger partial charge in [0.1, 0.15) is 5.60 Å². The molecular formula is C22H42N4O2. The molecular weight excluding hydrogens is 352 g/mol. The topological polar surface area (TPSA) is 66.0 Å². The number of nitrogens with one attached hydrogen (secondary N) is 2. The Morgan fingerprint density at radius 1 is 1.21 bits per heavy atom. The van der Waals surface area contributed by atoms with Gasteiger partial charge in [-0.15, -0.1) is 6.58 Å². The lowest BCUT2D eigenvalue weighted by Gasteiger charge is -2.32. The predicted octanol–water partition coefficient (Wildman–Crippen LogP) is 3.48. The number of rotatable bonds is 11. The van der Waals surface area contributed by atoms with E-state index in [2.05, 4.69) is 29.0 Å². The van der Waals surface area contributed by atoms with Gasteiger partial charge in [-0.05, 0) is 53.4 Å². The van der Waals surface area contributed by atoms with Crippen LogP contribution in [0.15, 0.2) is 17.6 Å². The van der Waals surface area contributed by atoms with Crippen molar-refractivity contribution in [3.8, 4) is 0 Å². The van der Waals surface area contributed by atoms with Crippen molar-refractivity contribution in [3.05, 3.63) is 12.7 Å². The summed E-state index contributed by atoms with van der Waals surface area (Å²) >= 11 is 0. The number of nitrogens with zero attached hydrogens (tertiary/aromatic N) is 2. The summed E-state index contributed by atoms with van der Waals surface area (Å²) in [6.45, 7) is 16.5. The molecule has 1 rings (SSSR count). The van der Waals surface area contributed by atoms with Crippen LogP contribution in [-0.4, -0.2) is 61.2 Å². The standard InChI is InChI=1S/C22H42N4O2/c1-6-16-26-17-13-19(14-18-26)25-21(23-7-2)24-15-11-9-8-10-12-20(27)28-22(3,4)5/h6,19H,1,7-18H2,2-5H3,(H2,23,24,25). The number of carbonyl (C=O) groups is 1. The fraction of sp³-hybridized carbons (Fsp3) is 0.818. The molecule has 1 saturated heterocycles. The number of hydrogen-bond donors (Lipinski definition) is 2. The van der Waals surface area contributed by atoms with E-state index in [9.17, 15) is 4.79 Å². The van der Waals surface area contributed by atoms with Crippen LogP contribution in [0.2, 0.25) is 0 Å². The molecule has 0 saturated carbocycles. The first-order chi connectivity index (χ1) is 13.3. The zero-order valence-electron chi connectivity index (χ0n) is 18.6. The van der Waals surface area contributed by atoms with Gasteiger partial charge in [0.15, 0.2) is 5.96 Å². The normalized spacial score (nSPS) is 16.6. The number of esters is 1. The molecule has 1 aliphatic heterocycles. The Kier molecular flexibility index (Phi) is 11.9. The van der Waals surface area contributed by atoms with E-state index in [-0.39, 0.29) is 11.6 Å². The summed E-state index contributed by atoms with van der Waals surface area (Å²) in [5.41, 5.74) is -0.385. The average Bonchev–Trinajstić information content (AvgIpc) is 2.61. The van der Waals surface area contributed by atoms with Gasteiger partial charge in [0.2, 0.25) is 0 Å². The maximum Gasteiger partial charge on any atom is 0.306 e. The molecule has 2 N–H and O–H groups in total. The van der Waals surface area contributed by atoms with Gasteiger partial charge in [-0.1, -0.05) is 18.9 Å². The van der Waals surface area contributed by atoms with Crippen LogP contribution in [0.5, 0.6) is 0 Å². The molecule has 0 radical (unpaired) electrons. The number of piperidine rings is 1. The first-order valence-electron chi connectivity index (χ1n) is 10.9. The molecule has 28 heavy (non-hydrogen) atoms. The molecule has 1 heterocycles. The highest BCUT2D eigenvalue weighted by Crippen LogP contribution is 2.12. The average molecular weight is 395 g/mol. The van der Waals surface area contributed by atoms with Crippen LogP contribution in [-0.2, 0) is 9.53 Å². The minimum atomic E-state index is -0.385. The highest BCUT2D eigenvalue weighted by molar-refractivity contribution is 5.80. The number of hydrogen-bond acceptors (Lipinski definition) is 4. The second-order valence-corrected chi connectivity index (χ2v) is 8.52. The fourth-order valence-corrected chi connectivity index (χ4v) is 3.27. The van der Waals surface area contributed by atoms with Crippen molar-refractivity contribution in [1.82, 2.24) is 15.5 Å². The maximum absolute atomic E-state index is 11.7. The molecule has 0 atom stereocenters. The molecule has 0 aromatic rings. The summed E-state index contributed by atoms with van der Waals surface area (Å²) in [5, 5.41) is 6.94. The molecule has 0 spiro atoms. The smallest absolute Gasteiger partial charge is 0.306 e. The molecule has 1 aliphatic rings. The number of guanidine groups is 1. The zero-order chi connectivity index (χ0) is 20.8. The van der Waals surface area contributed by atoms with Crippen molar-refractivity contribution in [2.75, 3.05) is 32.7 Å². The van der Waals surface area contributed by atoms with Gasteiger partial charge >= 0.3 is 5.97 Å². The summed E-state index contributed by atoms with van der Waals surface area (Å²) in [7, 11) is 0. The minimum Gasteiger partial charge on any atom is -0.460 e. The number of likely N-dealkylation sites (tertiary alicyclic amines) is 1. The summed E-state index contributed by atoms with van der Waals surface area (Å²) < 4.78 is 5.33. The third kappa shape index (κ3) is 12.0. The SMILES string of the molecule is C=CCN1CCC(NC(=NCCCCCCC(=O)OC(C)(C)C)NCC)CC1. The van der Waals surface area contributed by atoms with Crippen LogP contribution in [0.4, 0.5) is 0 Å². The van der Waals surface area contributed by atoms with Crippen molar-refractivity contribution in [3.63, 3.8) is 0 Å². The molecule has 0 amide bonds. The zero-order valence-corrected chi connectivity index (χ0v) is 18.6. The highest BCUT2D eigenvalue weighted by atomic mass is 16.6. The van der Waals surface area contributed by atoms with Gasteiger partial charge in [0.25, 0.3) is 0 Å². The number of carbonyl (C=O) groups excluding carboxylic acids is 1. The van der Waals surface area contributed by atoms with Gasteiger partial charge in [-0.3, -0.25) is 14.7 Å². The van der Waals surface area contributed by atoms with Crippen LogP contribution in [0.3, 0.4) is 0 Å². The third-order valence-corrected chi connectivity index (χ3v) is 4.64. The van der Waals surface area contributed by atoms with Crippen molar-refractivity contribution in [2.45, 2.75) is 84.3 Å². The second-order valence-electron chi connectivity index (χ2n) is 8.52. The Morgan fingerprint density at radius 2 is 1.89 bits per heavy atom. The van der Waals surface area contributed by atoms with Crippen molar-refractivity contribution in [1.29, 1.82) is 0 Å². The van der Waals surface area contributed by atoms with Crippen LogP contribution >= 0.6 is 0 Å². The Labute approximate surface area is 172 Å². The molecule has 6 nitrogen and oxygen atoms in total. The third-order valence-electron chi connectivity index (χ3n) is 4.64. The second kappa shape index (κ2) is 13.6. The Balaban J connectivity index is 2.19. The van der Waals surface area contributed by atoms with Crippen molar-refractivity contribution in [2.24, 2.45) is 4.99 Å². The van der Waals surface area contributed by atoms with E-state index >= 15 is 0 Å². The quantitative estimate of drug-likeness (QED) is 0.185. The summed E-state index contributed by atoms with van der Waals surface area (Å²) in [4.78, 5) is 18.8. The first-order valence-corrected chi connectivity index (χ1v) is 10.9. The van der Waals surface area contributed by atoms with Crippen LogP contribution < -0.4 is 10.6 Å². The van der Waals surface area contributed by atoms with Crippen LogP contribution in [0.1, 0.15) is 72.6 Å². The molecule has 0 unspecified atom stereocenters. The molecule has 6 heteroatoms. The summed E-state index contributed by atoms with van der Waals surface area (Å²) in [6.07, 6.45) is 8.84. The Bertz CT molecular complexity index is 477. The molecule has 162 valence electrons. The van der Waals surface area contributed by atoms with Gasteiger partial charge in [0, 0.05) is 45.2 Å².